The summed E-state index contributed by atoms with van der Waals surface area (Å²) < 4.78 is 2.44. The lowest BCUT2D eigenvalue weighted by atomic mass is 10.1. The number of benzene rings is 2. The zero-order chi connectivity index (χ0) is 17.1. The van der Waals surface area contributed by atoms with E-state index in [0.29, 0.717) is 33.3 Å². The highest BCUT2D eigenvalue weighted by molar-refractivity contribution is 7.71. The van der Waals surface area contributed by atoms with Crippen molar-refractivity contribution in [2.45, 2.75) is 19.9 Å². The van der Waals surface area contributed by atoms with Crippen molar-refractivity contribution in [1.29, 1.82) is 0 Å². The van der Waals surface area contributed by atoms with E-state index in [-0.39, 0.29) is 5.75 Å². The minimum atomic E-state index is 0.176. The number of aromatic nitrogens is 2. The number of aromatic hydroxyl groups is 1. The first-order chi connectivity index (χ1) is 11.6. The van der Waals surface area contributed by atoms with Crippen molar-refractivity contribution in [2.24, 2.45) is 0 Å². The van der Waals surface area contributed by atoms with Crippen molar-refractivity contribution < 1.29 is 5.11 Å². The zero-order valence-electron chi connectivity index (χ0n) is 13.2. The number of aryl methyl sites for hydroxylation is 2. The molecule has 3 rings (SSSR count). The molecule has 3 aromatic rings. The van der Waals surface area contributed by atoms with Crippen LogP contribution in [0, 0.1) is 11.6 Å². The van der Waals surface area contributed by atoms with Gasteiger partial charge in [-0.15, -0.1) is 0 Å². The Balaban J connectivity index is 2.08. The third-order valence-corrected chi connectivity index (χ3v) is 4.88. The molecule has 2 aromatic carbocycles. The van der Waals surface area contributed by atoms with Crippen molar-refractivity contribution in [3.63, 3.8) is 0 Å². The Kier molecular flexibility index (Phi) is 4.97. The molecule has 0 aliphatic rings. The number of hydrogen-bond acceptors (Lipinski definition) is 3. The highest BCUT2D eigenvalue weighted by Gasteiger charge is 2.14. The molecule has 0 spiro atoms. The second-order valence-corrected chi connectivity index (χ2v) is 6.31. The van der Waals surface area contributed by atoms with Crippen LogP contribution < -0.4 is 0 Å². The highest BCUT2D eigenvalue weighted by atomic mass is 35.5. The smallest absolute Gasteiger partial charge is 0.145 e. The van der Waals surface area contributed by atoms with Crippen molar-refractivity contribution in [3.05, 3.63) is 75.5 Å². The molecule has 0 aliphatic carbocycles. The summed E-state index contributed by atoms with van der Waals surface area (Å²) in [6.07, 6.45) is 0.802. The van der Waals surface area contributed by atoms with E-state index in [0.717, 1.165) is 6.42 Å². The van der Waals surface area contributed by atoms with Crippen LogP contribution in [0.25, 0.3) is 11.4 Å². The second kappa shape index (κ2) is 7.16. The van der Waals surface area contributed by atoms with Crippen LogP contribution in [0.3, 0.4) is 0 Å². The minimum absolute atomic E-state index is 0.176. The van der Waals surface area contributed by atoms with Gasteiger partial charge in [-0.05, 0) is 31.0 Å². The summed E-state index contributed by atoms with van der Waals surface area (Å²) in [6.45, 7) is 2.46. The van der Waals surface area contributed by atoms with Crippen molar-refractivity contribution in [3.8, 4) is 17.1 Å². The van der Waals surface area contributed by atoms with Gasteiger partial charge in [0.25, 0.3) is 0 Å². The topological polar surface area (TPSA) is 38.1 Å². The Bertz CT molecular complexity index is 922. The molecule has 0 aliphatic heterocycles. The third-order valence-electron chi connectivity index (χ3n) is 3.89. The fourth-order valence-corrected chi connectivity index (χ4v) is 3.07. The first-order valence-corrected chi connectivity index (χ1v) is 8.46. The Morgan fingerprint density at radius 2 is 1.75 bits per heavy atom. The van der Waals surface area contributed by atoms with Gasteiger partial charge in [-0.2, -0.15) is 0 Å². The Morgan fingerprint density at radius 1 is 1.08 bits per heavy atom. The molecule has 0 amide bonds. The molecule has 0 radical (unpaired) electrons. The van der Waals surface area contributed by atoms with Crippen LogP contribution in [0.4, 0.5) is 0 Å². The average Bonchev–Trinajstić information content (AvgIpc) is 2.60. The molecule has 0 unspecified atom stereocenters. The number of rotatable bonds is 4. The number of phenolic OH excluding ortho intramolecular Hbond substituents is 1. The third kappa shape index (κ3) is 3.35. The molecule has 3 nitrogen and oxygen atoms in total. The monoisotopic (exact) mass is 356 g/mol. The summed E-state index contributed by atoms with van der Waals surface area (Å²) in [5.41, 5.74) is 2.52. The molecule has 122 valence electrons. The molecule has 24 heavy (non-hydrogen) atoms. The van der Waals surface area contributed by atoms with E-state index in [4.69, 9.17) is 23.8 Å². The minimum Gasteiger partial charge on any atom is -0.507 e. The van der Waals surface area contributed by atoms with Crippen LogP contribution in [0.2, 0.25) is 5.02 Å². The maximum absolute atomic E-state index is 10.2. The van der Waals surface area contributed by atoms with Gasteiger partial charge in [-0.1, -0.05) is 66.3 Å². The second-order valence-electron chi connectivity index (χ2n) is 5.54. The van der Waals surface area contributed by atoms with E-state index >= 15 is 0 Å². The Labute approximate surface area is 151 Å². The summed E-state index contributed by atoms with van der Waals surface area (Å²) in [4.78, 5) is 4.58. The van der Waals surface area contributed by atoms with Gasteiger partial charge in [0.2, 0.25) is 0 Å². The fraction of sp³-hybridized carbons (Fsp3) is 0.158. The molecule has 1 N–H and O–H groups in total. The van der Waals surface area contributed by atoms with E-state index in [9.17, 15) is 5.11 Å². The molecule has 0 saturated carbocycles. The molecule has 1 heterocycles. The Morgan fingerprint density at radius 3 is 2.46 bits per heavy atom. The van der Waals surface area contributed by atoms with Crippen LogP contribution in [0.5, 0.6) is 5.75 Å². The van der Waals surface area contributed by atoms with E-state index < -0.39 is 0 Å². The zero-order valence-corrected chi connectivity index (χ0v) is 14.8. The van der Waals surface area contributed by atoms with Crippen molar-refractivity contribution in [1.82, 2.24) is 9.55 Å². The molecule has 0 saturated heterocycles. The van der Waals surface area contributed by atoms with Gasteiger partial charge in [0.15, 0.2) is 0 Å². The summed E-state index contributed by atoms with van der Waals surface area (Å²) in [6, 6.07) is 17.3. The van der Waals surface area contributed by atoms with Crippen LogP contribution >= 0.6 is 23.8 Å². The number of nitrogens with zero attached hydrogens (tertiary/aromatic N) is 2. The van der Waals surface area contributed by atoms with Crippen LogP contribution in [-0.2, 0) is 13.0 Å². The van der Waals surface area contributed by atoms with Gasteiger partial charge in [-0.25, -0.2) is 4.98 Å². The molecule has 0 fully saturated rings. The van der Waals surface area contributed by atoms with Gasteiger partial charge in [0.05, 0.1) is 16.3 Å². The summed E-state index contributed by atoms with van der Waals surface area (Å²) in [5.74, 6) is 0.811. The largest absolute Gasteiger partial charge is 0.507 e. The number of hydrogen-bond donors (Lipinski definition) is 1. The summed E-state index contributed by atoms with van der Waals surface area (Å²) in [7, 11) is 0. The van der Waals surface area contributed by atoms with Crippen LogP contribution in [0.15, 0.2) is 54.6 Å². The predicted octanol–water partition coefficient (Wildman–Crippen LogP) is 5.19. The predicted molar refractivity (Wildman–Crippen MR) is 100 cm³/mol. The quantitative estimate of drug-likeness (QED) is 0.654. The summed E-state index contributed by atoms with van der Waals surface area (Å²) >= 11 is 11.9. The Hall–Kier alpha value is -2.17. The number of phenols is 1. The normalized spacial score (nSPS) is 10.8. The van der Waals surface area contributed by atoms with Crippen LogP contribution in [-0.4, -0.2) is 14.7 Å². The maximum Gasteiger partial charge on any atom is 0.145 e. The van der Waals surface area contributed by atoms with E-state index in [2.05, 4.69) is 17.1 Å². The van der Waals surface area contributed by atoms with Crippen molar-refractivity contribution >= 4 is 23.8 Å². The summed E-state index contributed by atoms with van der Waals surface area (Å²) in [5, 5.41) is 10.7. The van der Waals surface area contributed by atoms with Gasteiger partial charge in [-0.3, -0.25) is 0 Å². The van der Waals surface area contributed by atoms with E-state index in [1.807, 2.05) is 41.8 Å². The van der Waals surface area contributed by atoms with E-state index in [1.165, 1.54) is 5.56 Å². The highest BCUT2D eigenvalue weighted by Crippen LogP contribution is 2.30. The van der Waals surface area contributed by atoms with Gasteiger partial charge < -0.3 is 9.67 Å². The molecule has 5 heteroatoms. The molecular formula is C19H17ClN2OS. The first-order valence-electron chi connectivity index (χ1n) is 7.67. The molecular weight excluding hydrogens is 340 g/mol. The number of para-hydroxylation sites is 1. The van der Waals surface area contributed by atoms with Gasteiger partial charge in [0.1, 0.15) is 16.2 Å². The number of halogens is 1. The van der Waals surface area contributed by atoms with Crippen LogP contribution in [0.1, 0.15) is 11.3 Å². The lowest BCUT2D eigenvalue weighted by molar-refractivity contribution is 0.476. The lowest BCUT2D eigenvalue weighted by Crippen LogP contribution is -2.11. The van der Waals surface area contributed by atoms with Gasteiger partial charge in [0, 0.05) is 6.54 Å². The van der Waals surface area contributed by atoms with Gasteiger partial charge >= 0.3 is 0 Å². The van der Waals surface area contributed by atoms with E-state index in [1.54, 1.807) is 12.1 Å². The lowest BCUT2D eigenvalue weighted by Gasteiger charge is -2.16. The fourth-order valence-electron chi connectivity index (χ4n) is 2.60. The maximum atomic E-state index is 10.2. The SMILES string of the molecule is Cc1nc(-c2ccccc2O)n(CCc2ccccc2)c(=S)c1Cl. The molecule has 1 aromatic heterocycles. The molecule has 0 atom stereocenters. The standard InChI is InChI=1S/C19H17ClN2OS/c1-13-17(20)19(24)22(12-11-14-7-3-2-4-8-14)18(21-13)15-9-5-6-10-16(15)23/h2-10,23H,11-12H2,1H3. The average molecular weight is 357 g/mol. The first kappa shape index (κ1) is 16.7. The van der Waals surface area contributed by atoms with Crippen molar-refractivity contribution in [2.75, 3.05) is 0 Å². The molecule has 0 bridgehead atoms.